The van der Waals surface area contributed by atoms with E-state index in [1.165, 1.54) is 0 Å². The third-order valence-electron chi connectivity index (χ3n) is 3.19. The molecule has 0 radical (unpaired) electrons. The number of likely N-dealkylation sites (tertiary alicyclic amines) is 1. The molecule has 0 aromatic carbocycles. The maximum Gasteiger partial charge on any atom is 0.224 e. The smallest absolute Gasteiger partial charge is 0.224 e. The van der Waals surface area contributed by atoms with Crippen LogP contribution in [-0.4, -0.2) is 33.6 Å². The normalized spacial score (nSPS) is 21.6. The third-order valence-corrected chi connectivity index (χ3v) is 3.19. The molecule has 1 N–H and O–H groups in total. The molecule has 2 unspecified atom stereocenters. The van der Waals surface area contributed by atoms with Crippen LogP contribution in [0.1, 0.15) is 24.7 Å². The van der Waals surface area contributed by atoms with Gasteiger partial charge in [0.1, 0.15) is 0 Å². The average Bonchev–Trinajstić information content (AvgIpc) is 2.85. The van der Waals surface area contributed by atoms with Gasteiger partial charge in [-0.3, -0.25) is 9.89 Å². The van der Waals surface area contributed by atoms with E-state index in [4.69, 9.17) is 6.42 Å². The van der Waals surface area contributed by atoms with Crippen molar-refractivity contribution in [3.8, 4) is 12.3 Å². The number of aromatic amines is 1. The van der Waals surface area contributed by atoms with E-state index in [9.17, 15) is 4.79 Å². The number of carbonyl (C=O) groups excluding carboxylic acids is 1. The lowest BCUT2D eigenvalue weighted by atomic mass is 10.1. The number of hydrogen-bond donors (Lipinski definition) is 1. The van der Waals surface area contributed by atoms with Gasteiger partial charge >= 0.3 is 0 Å². The first-order chi connectivity index (χ1) is 8.10. The fraction of sp³-hybridized carbons (Fsp3) is 0.538. The van der Waals surface area contributed by atoms with Gasteiger partial charge in [0.05, 0.1) is 5.69 Å². The van der Waals surface area contributed by atoms with Gasteiger partial charge in [-0.05, 0) is 19.9 Å². The number of carbonyl (C=O) groups is 1. The predicted molar refractivity (Wildman–Crippen MR) is 65.1 cm³/mol. The molecule has 1 fully saturated rings. The quantitative estimate of drug-likeness (QED) is 0.793. The van der Waals surface area contributed by atoms with E-state index in [1.807, 2.05) is 24.8 Å². The molecule has 1 aromatic rings. The first-order valence-electron chi connectivity index (χ1n) is 5.86. The summed E-state index contributed by atoms with van der Waals surface area (Å²) in [5.74, 6) is 2.90. The highest BCUT2D eigenvalue weighted by atomic mass is 16.2. The third kappa shape index (κ3) is 2.50. The number of hydrogen-bond acceptors (Lipinski definition) is 2. The van der Waals surface area contributed by atoms with Crippen LogP contribution in [0.25, 0.3) is 0 Å². The van der Waals surface area contributed by atoms with Gasteiger partial charge in [-0.1, -0.05) is 0 Å². The van der Waals surface area contributed by atoms with Crippen molar-refractivity contribution in [2.24, 2.45) is 5.92 Å². The van der Waals surface area contributed by atoms with Gasteiger partial charge in [-0.2, -0.15) is 5.10 Å². The Hall–Kier alpha value is -1.76. The lowest BCUT2D eigenvalue weighted by Crippen LogP contribution is -2.36. The van der Waals surface area contributed by atoms with Crippen LogP contribution in [0.15, 0.2) is 6.07 Å². The van der Waals surface area contributed by atoms with Crippen molar-refractivity contribution in [2.75, 3.05) is 6.54 Å². The first kappa shape index (κ1) is 11.7. The van der Waals surface area contributed by atoms with Gasteiger partial charge in [-0.15, -0.1) is 12.3 Å². The maximum absolute atomic E-state index is 11.8. The van der Waals surface area contributed by atoms with E-state index in [1.54, 1.807) is 0 Å². The highest BCUT2D eigenvalue weighted by Crippen LogP contribution is 2.20. The van der Waals surface area contributed by atoms with Crippen LogP contribution in [0, 0.1) is 25.2 Å². The lowest BCUT2D eigenvalue weighted by Gasteiger charge is -2.23. The summed E-state index contributed by atoms with van der Waals surface area (Å²) in [7, 11) is 0. The predicted octanol–water partition coefficient (Wildman–Crippen LogP) is 1.13. The SMILES string of the molecule is C#CC1CC(=O)N(C(C)Cc2cc(C)[nH]n2)C1. The van der Waals surface area contributed by atoms with Crippen LogP contribution in [0.3, 0.4) is 0 Å². The highest BCUT2D eigenvalue weighted by Gasteiger charge is 2.31. The fourth-order valence-corrected chi connectivity index (χ4v) is 2.26. The molecule has 1 aliphatic heterocycles. The number of aryl methyl sites for hydroxylation is 1. The van der Waals surface area contributed by atoms with Crippen molar-refractivity contribution < 1.29 is 4.79 Å². The molecule has 0 aliphatic carbocycles. The minimum absolute atomic E-state index is 0.0749. The number of nitrogens with zero attached hydrogens (tertiary/aromatic N) is 2. The summed E-state index contributed by atoms with van der Waals surface area (Å²) < 4.78 is 0. The molecule has 0 bridgehead atoms. The molecule has 2 atom stereocenters. The van der Waals surface area contributed by atoms with Crippen LogP contribution >= 0.6 is 0 Å². The van der Waals surface area contributed by atoms with Crippen molar-refractivity contribution in [1.82, 2.24) is 15.1 Å². The average molecular weight is 231 g/mol. The van der Waals surface area contributed by atoms with Crippen LogP contribution in [0.5, 0.6) is 0 Å². The summed E-state index contributed by atoms with van der Waals surface area (Å²) in [6.07, 6.45) is 6.63. The van der Waals surface area contributed by atoms with Crippen LogP contribution < -0.4 is 0 Å². The summed E-state index contributed by atoms with van der Waals surface area (Å²) in [5, 5.41) is 7.10. The highest BCUT2D eigenvalue weighted by molar-refractivity contribution is 5.79. The van der Waals surface area contributed by atoms with Gasteiger partial charge in [0.15, 0.2) is 0 Å². The Morgan fingerprint density at radius 1 is 1.76 bits per heavy atom. The van der Waals surface area contributed by atoms with E-state index in [-0.39, 0.29) is 17.9 Å². The molecule has 2 rings (SSSR count). The Kier molecular flexibility index (Phi) is 3.19. The zero-order valence-corrected chi connectivity index (χ0v) is 10.2. The van der Waals surface area contributed by atoms with Crippen LogP contribution in [0.2, 0.25) is 0 Å². The number of rotatable bonds is 3. The summed E-state index contributed by atoms with van der Waals surface area (Å²) in [6, 6.07) is 2.17. The van der Waals surface area contributed by atoms with Gasteiger partial charge in [0, 0.05) is 37.0 Å². The first-order valence-corrected chi connectivity index (χ1v) is 5.86. The summed E-state index contributed by atoms with van der Waals surface area (Å²) in [4.78, 5) is 13.7. The van der Waals surface area contributed by atoms with Crippen LogP contribution in [-0.2, 0) is 11.2 Å². The minimum Gasteiger partial charge on any atom is -0.338 e. The molecular formula is C13H17N3O. The van der Waals surface area contributed by atoms with Crippen molar-refractivity contribution in [1.29, 1.82) is 0 Å². The molecule has 4 heteroatoms. The minimum atomic E-state index is 0.0749. The molecule has 1 aromatic heterocycles. The molecule has 4 nitrogen and oxygen atoms in total. The Bertz CT molecular complexity index is 457. The molecule has 1 saturated heterocycles. The van der Waals surface area contributed by atoms with E-state index in [2.05, 4.69) is 16.1 Å². The van der Waals surface area contributed by atoms with Gasteiger partial charge in [0.25, 0.3) is 0 Å². The molecule has 1 aliphatic rings. The largest absolute Gasteiger partial charge is 0.338 e. The Morgan fingerprint density at radius 2 is 2.53 bits per heavy atom. The summed E-state index contributed by atoms with van der Waals surface area (Å²) in [6.45, 7) is 4.69. The second-order valence-electron chi connectivity index (χ2n) is 4.71. The number of aromatic nitrogens is 2. The summed E-state index contributed by atoms with van der Waals surface area (Å²) in [5.41, 5.74) is 2.04. The zero-order chi connectivity index (χ0) is 12.4. The molecular weight excluding hydrogens is 214 g/mol. The topological polar surface area (TPSA) is 49.0 Å². The second-order valence-corrected chi connectivity index (χ2v) is 4.71. The van der Waals surface area contributed by atoms with Crippen molar-refractivity contribution in [3.63, 3.8) is 0 Å². The zero-order valence-electron chi connectivity index (χ0n) is 10.2. The Labute approximate surface area is 101 Å². The summed E-state index contributed by atoms with van der Waals surface area (Å²) >= 11 is 0. The number of terminal acetylenes is 1. The van der Waals surface area contributed by atoms with Crippen molar-refractivity contribution >= 4 is 5.91 Å². The second kappa shape index (κ2) is 4.62. The fourth-order valence-electron chi connectivity index (χ4n) is 2.26. The number of nitrogens with one attached hydrogen (secondary N) is 1. The molecule has 0 saturated carbocycles. The van der Waals surface area contributed by atoms with E-state index in [0.29, 0.717) is 13.0 Å². The maximum atomic E-state index is 11.8. The van der Waals surface area contributed by atoms with E-state index in [0.717, 1.165) is 17.8 Å². The standard InChI is InChI=1S/C13H17N3O/c1-4-11-7-13(17)16(8-11)10(3)6-12-5-9(2)14-15-12/h1,5,10-11H,6-8H2,2-3H3,(H,14,15). The molecule has 17 heavy (non-hydrogen) atoms. The van der Waals surface area contributed by atoms with Crippen LogP contribution in [0.4, 0.5) is 0 Å². The Morgan fingerprint density at radius 3 is 3.06 bits per heavy atom. The van der Waals surface area contributed by atoms with Gasteiger partial charge < -0.3 is 4.90 Å². The Balaban J connectivity index is 1.99. The van der Waals surface area contributed by atoms with Gasteiger partial charge in [0.2, 0.25) is 5.91 Å². The monoisotopic (exact) mass is 231 g/mol. The molecule has 1 amide bonds. The molecule has 0 spiro atoms. The number of H-pyrrole nitrogens is 1. The van der Waals surface area contributed by atoms with E-state index >= 15 is 0 Å². The van der Waals surface area contributed by atoms with Gasteiger partial charge in [-0.25, -0.2) is 0 Å². The lowest BCUT2D eigenvalue weighted by molar-refractivity contribution is -0.129. The van der Waals surface area contributed by atoms with E-state index < -0.39 is 0 Å². The van der Waals surface area contributed by atoms with Crippen molar-refractivity contribution in [3.05, 3.63) is 17.5 Å². The molecule has 2 heterocycles. The van der Waals surface area contributed by atoms with Crippen molar-refractivity contribution in [2.45, 2.75) is 32.7 Å². The molecule has 90 valence electrons. The number of amides is 1.